The van der Waals surface area contributed by atoms with Gasteiger partial charge in [0, 0.05) is 21.8 Å². The van der Waals surface area contributed by atoms with Crippen LogP contribution >= 0.6 is 46.9 Å². The zero-order valence-corrected chi connectivity index (χ0v) is 12.9. The van der Waals surface area contributed by atoms with E-state index in [0.29, 0.717) is 9.83 Å². The van der Waals surface area contributed by atoms with Crippen LogP contribution in [-0.4, -0.2) is 21.9 Å². The first-order valence-corrected chi connectivity index (χ1v) is 8.86. The minimum Gasteiger partial charge on any atom is -0.282 e. The molecule has 96 valence electrons. The first kappa shape index (κ1) is 14.4. The van der Waals surface area contributed by atoms with Crippen LogP contribution in [0.4, 0.5) is 0 Å². The van der Waals surface area contributed by atoms with Gasteiger partial charge in [0.1, 0.15) is 0 Å². The summed E-state index contributed by atoms with van der Waals surface area (Å²) in [6.07, 6.45) is 1.38. The molecule has 1 aliphatic heterocycles. The normalized spacial score (nSPS) is 22.9. The number of carbonyl (C=O) groups is 1. The molecule has 2 atom stereocenters. The van der Waals surface area contributed by atoms with Gasteiger partial charge in [-0.2, -0.15) is 0 Å². The van der Waals surface area contributed by atoms with Gasteiger partial charge in [0.05, 0.1) is 4.58 Å². The van der Waals surface area contributed by atoms with Gasteiger partial charge < -0.3 is 0 Å². The number of halogens is 1. The largest absolute Gasteiger partial charge is 0.282 e. The molecule has 0 aliphatic carbocycles. The monoisotopic (exact) mass is 316 g/mol. The molecule has 0 N–H and O–H groups in total. The number of thioether (sulfide) groups is 3. The van der Waals surface area contributed by atoms with Crippen molar-refractivity contribution in [2.45, 2.75) is 9.83 Å². The quantitative estimate of drug-likeness (QED) is 0.753. The van der Waals surface area contributed by atoms with Crippen LogP contribution in [0.15, 0.2) is 36.9 Å². The van der Waals surface area contributed by atoms with E-state index >= 15 is 0 Å². The number of carbonyl (C=O) groups excluding carboxylic acids is 1. The molecule has 1 aromatic carbocycles. The summed E-state index contributed by atoms with van der Waals surface area (Å²) in [6, 6.07) is 8.03. The van der Waals surface area contributed by atoms with Gasteiger partial charge in [-0.05, 0) is 23.8 Å². The van der Waals surface area contributed by atoms with E-state index in [0.717, 1.165) is 16.5 Å². The summed E-state index contributed by atoms with van der Waals surface area (Å²) in [5.74, 6) is 1.96. The maximum absolute atomic E-state index is 11.2. The minimum atomic E-state index is 0.0653. The molecule has 1 aliphatic rings. The first-order chi connectivity index (χ1) is 8.69. The smallest absolute Gasteiger partial charge is 0.211 e. The Labute approximate surface area is 125 Å². The van der Waals surface area contributed by atoms with Crippen molar-refractivity contribution in [3.63, 3.8) is 0 Å². The molecule has 0 bridgehead atoms. The summed E-state index contributed by atoms with van der Waals surface area (Å²) < 4.78 is 0.465. The Morgan fingerprint density at radius 1 is 1.50 bits per heavy atom. The molecule has 1 saturated heterocycles. The molecule has 2 unspecified atom stereocenters. The van der Waals surface area contributed by atoms with Gasteiger partial charge in [0.15, 0.2) is 0 Å². The molecule has 0 aromatic heterocycles. The second-order valence-corrected chi connectivity index (χ2v) is 8.12. The molecular weight excluding hydrogens is 304 g/mol. The summed E-state index contributed by atoms with van der Waals surface area (Å²) in [4.78, 5) is 11.2. The molecule has 18 heavy (non-hydrogen) atoms. The Hall–Kier alpha value is -0.0300. The van der Waals surface area contributed by atoms with Crippen LogP contribution in [0.3, 0.4) is 0 Å². The Morgan fingerprint density at radius 2 is 2.22 bits per heavy atom. The van der Waals surface area contributed by atoms with Gasteiger partial charge >= 0.3 is 0 Å². The third kappa shape index (κ3) is 3.98. The highest BCUT2D eigenvalue weighted by molar-refractivity contribution is 8.21. The molecule has 2 rings (SSSR count). The first-order valence-electron chi connectivity index (χ1n) is 5.51. The average Bonchev–Trinajstić information content (AvgIpc) is 2.85. The maximum atomic E-state index is 11.2. The number of rotatable bonds is 4. The summed E-state index contributed by atoms with van der Waals surface area (Å²) >= 11 is 11.1. The highest BCUT2D eigenvalue weighted by Crippen LogP contribution is 2.50. The zero-order valence-electron chi connectivity index (χ0n) is 9.67. The zero-order chi connectivity index (χ0) is 13.0. The highest BCUT2D eigenvalue weighted by Gasteiger charge is 2.27. The Balaban J connectivity index is 1.86. The van der Waals surface area contributed by atoms with Crippen molar-refractivity contribution in [3.05, 3.63) is 47.5 Å². The topological polar surface area (TPSA) is 17.1 Å². The Morgan fingerprint density at radius 3 is 2.89 bits per heavy atom. The van der Waals surface area contributed by atoms with E-state index in [9.17, 15) is 4.79 Å². The molecule has 1 aromatic rings. The van der Waals surface area contributed by atoms with Crippen molar-refractivity contribution in [1.82, 2.24) is 0 Å². The number of hydrogen-bond acceptors (Lipinski definition) is 4. The third-order valence-electron chi connectivity index (χ3n) is 2.47. The van der Waals surface area contributed by atoms with E-state index in [1.54, 1.807) is 0 Å². The van der Waals surface area contributed by atoms with Crippen LogP contribution in [0.25, 0.3) is 0 Å². The van der Waals surface area contributed by atoms with Crippen molar-refractivity contribution in [1.29, 1.82) is 0 Å². The fourth-order valence-corrected chi connectivity index (χ4v) is 6.04. The van der Waals surface area contributed by atoms with E-state index in [2.05, 4.69) is 18.7 Å². The minimum absolute atomic E-state index is 0.0653. The van der Waals surface area contributed by atoms with Gasteiger partial charge in [-0.25, -0.2) is 0 Å². The molecule has 1 heterocycles. The molecular formula is C13H13ClOS3. The van der Waals surface area contributed by atoms with Crippen molar-refractivity contribution in [3.8, 4) is 0 Å². The lowest BCUT2D eigenvalue weighted by atomic mass is 10.2. The van der Waals surface area contributed by atoms with Crippen LogP contribution in [0, 0.1) is 0 Å². The molecule has 5 heteroatoms. The predicted molar refractivity (Wildman–Crippen MR) is 85.7 cm³/mol. The van der Waals surface area contributed by atoms with E-state index in [-0.39, 0.29) is 5.12 Å². The fraction of sp³-hybridized carbons (Fsp3) is 0.308. The van der Waals surface area contributed by atoms with Crippen molar-refractivity contribution in [2.24, 2.45) is 0 Å². The van der Waals surface area contributed by atoms with Gasteiger partial charge in [-0.3, -0.25) is 4.79 Å². The maximum Gasteiger partial charge on any atom is 0.211 e. The van der Waals surface area contributed by atoms with Crippen LogP contribution in [0.5, 0.6) is 0 Å². The van der Waals surface area contributed by atoms with Crippen molar-refractivity contribution < 1.29 is 4.79 Å². The Bertz CT molecular complexity index is 432. The van der Waals surface area contributed by atoms with Gasteiger partial charge in [0.2, 0.25) is 5.12 Å². The van der Waals surface area contributed by atoms with Crippen LogP contribution < -0.4 is 0 Å². The highest BCUT2D eigenvalue weighted by atomic mass is 35.5. The lowest BCUT2D eigenvalue weighted by molar-refractivity contribution is -0.107. The van der Waals surface area contributed by atoms with E-state index < -0.39 is 0 Å². The van der Waals surface area contributed by atoms with Crippen LogP contribution in [-0.2, 0) is 4.79 Å². The van der Waals surface area contributed by atoms with Crippen LogP contribution in [0.1, 0.15) is 10.1 Å². The van der Waals surface area contributed by atoms with E-state index in [1.807, 2.05) is 35.7 Å². The van der Waals surface area contributed by atoms with Gasteiger partial charge in [-0.1, -0.05) is 42.1 Å². The average molecular weight is 317 g/mol. The summed E-state index contributed by atoms with van der Waals surface area (Å²) in [7, 11) is 0. The summed E-state index contributed by atoms with van der Waals surface area (Å²) in [5, 5.41) is 1.37. The fourth-order valence-electron chi connectivity index (χ4n) is 1.56. The summed E-state index contributed by atoms with van der Waals surface area (Å²) in [6.45, 7) is 3.48. The summed E-state index contributed by atoms with van der Waals surface area (Å²) in [5.41, 5.74) is 1.30. The molecule has 0 amide bonds. The van der Waals surface area contributed by atoms with Gasteiger partial charge in [-0.15, -0.1) is 23.5 Å². The molecule has 0 radical (unpaired) electrons. The lowest BCUT2D eigenvalue weighted by Crippen LogP contribution is -2.06. The number of benzene rings is 1. The SMILES string of the molecule is C=CC(=O)SCC1CSC(c2ccc(Cl)cc2)S1. The van der Waals surface area contributed by atoms with Crippen LogP contribution in [0.2, 0.25) is 5.02 Å². The van der Waals surface area contributed by atoms with Crippen molar-refractivity contribution in [2.75, 3.05) is 11.5 Å². The molecule has 0 spiro atoms. The van der Waals surface area contributed by atoms with E-state index in [1.165, 1.54) is 23.4 Å². The standard InChI is InChI=1S/C13H13ClOS3/c1-2-12(15)16-7-11-8-17-13(18-11)9-3-5-10(14)6-4-9/h2-6,11,13H,1,7-8H2. The second-order valence-electron chi connectivity index (χ2n) is 3.81. The molecule has 1 nitrogen and oxygen atoms in total. The lowest BCUT2D eigenvalue weighted by Gasteiger charge is -2.10. The third-order valence-corrected chi connectivity index (χ3v) is 7.31. The molecule has 0 saturated carbocycles. The van der Waals surface area contributed by atoms with Gasteiger partial charge in [0.25, 0.3) is 0 Å². The van der Waals surface area contributed by atoms with Crippen molar-refractivity contribution >= 4 is 52.0 Å². The number of hydrogen-bond donors (Lipinski definition) is 0. The van der Waals surface area contributed by atoms with E-state index in [4.69, 9.17) is 11.6 Å². The second kappa shape index (κ2) is 6.94. The Kier molecular flexibility index (Phi) is 5.55. The predicted octanol–water partition coefficient (Wildman–Crippen LogP) is 4.63. The molecule has 1 fully saturated rings.